The summed E-state index contributed by atoms with van der Waals surface area (Å²) in [5.74, 6) is 1.99. The smallest absolute Gasteiger partial charge is 0.119 e. The number of thioether (sulfide) groups is 1. The topological polar surface area (TPSA) is 32.7 Å². The van der Waals surface area contributed by atoms with E-state index in [1.54, 1.807) is 0 Å². The zero-order valence-electron chi connectivity index (χ0n) is 18.2. The number of aliphatic hydroxyl groups excluding tert-OH is 1. The molecule has 6 rings (SSSR count). The summed E-state index contributed by atoms with van der Waals surface area (Å²) in [6.07, 6.45) is 18.9. The monoisotopic (exact) mass is 443 g/mol. The number of benzene rings is 1. The fourth-order valence-corrected chi connectivity index (χ4v) is 7.18. The van der Waals surface area contributed by atoms with Crippen LogP contribution in [-0.2, 0) is 0 Å². The molecule has 5 aliphatic rings. The molecule has 0 amide bonds. The average Bonchev–Trinajstić information content (AvgIpc) is 3.34. The molecule has 32 heavy (non-hydrogen) atoms. The van der Waals surface area contributed by atoms with Crippen LogP contribution in [0.15, 0.2) is 88.6 Å². The summed E-state index contributed by atoms with van der Waals surface area (Å²) in [6, 6.07) is 8.68. The third-order valence-electron chi connectivity index (χ3n) is 7.16. The summed E-state index contributed by atoms with van der Waals surface area (Å²) >= 11 is 1.92. The Labute approximate surface area is 194 Å². The van der Waals surface area contributed by atoms with Crippen LogP contribution in [-0.4, -0.2) is 41.5 Å². The second-order valence-corrected chi connectivity index (χ2v) is 10.4. The molecule has 1 aromatic rings. The zero-order valence-corrected chi connectivity index (χ0v) is 19.1. The number of fused-ring (bicyclic) bond motifs is 4. The van der Waals surface area contributed by atoms with Crippen LogP contribution in [0.2, 0.25) is 0 Å². The Morgan fingerprint density at radius 1 is 1.00 bits per heavy atom. The molecule has 3 nitrogen and oxygen atoms in total. The second-order valence-electron chi connectivity index (χ2n) is 9.16. The maximum atomic E-state index is 10.0. The first-order valence-electron chi connectivity index (χ1n) is 11.8. The van der Waals surface area contributed by atoms with Crippen molar-refractivity contribution in [3.05, 3.63) is 94.2 Å². The molecule has 0 spiro atoms. The van der Waals surface area contributed by atoms with E-state index in [1.165, 1.54) is 59.5 Å². The van der Waals surface area contributed by atoms with Crippen LogP contribution in [0.3, 0.4) is 0 Å². The van der Waals surface area contributed by atoms with E-state index in [2.05, 4.69) is 59.5 Å². The predicted octanol–water partition coefficient (Wildman–Crippen LogP) is 6.06. The van der Waals surface area contributed by atoms with E-state index in [0.717, 1.165) is 18.9 Å². The maximum Gasteiger partial charge on any atom is 0.119 e. The minimum Gasteiger partial charge on any atom is -0.508 e. The molecular weight excluding hydrogens is 414 g/mol. The first-order valence-corrected chi connectivity index (χ1v) is 12.7. The van der Waals surface area contributed by atoms with Gasteiger partial charge in [0.1, 0.15) is 18.1 Å². The molecule has 3 unspecified atom stereocenters. The molecule has 1 fully saturated rings. The highest BCUT2D eigenvalue weighted by atomic mass is 32.2. The van der Waals surface area contributed by atoms with Crippen LogP contribution >= 0.6 is 11.8 Å². The highest BCUT2D eigenvalue weighted by Crippen LogP contribution is 2.60. The zero-order chi connectivity index (χ0) is 21.5. The van der Waals surface area contributed by atoms with Gasteiger partial charge in [0.15, 0.2) is 0 Å². The van der Waals surface area contributed by atoms with Gasteiger partial charge < -0.3 is 9.84 Å². The Morgan fingerprint density at radius 2 is 1.84 bits per heavy atom. The van der Waals surface area contributed by atoms with Crippen LogP contribution in [0.4, 0.5) is 0 Å². The molecule has 0 bridgehead atoms. The van der Waals surface area contributed by atoms with E-state index in [9.17, 15) is 5.11 Å². The molecule has 2 aliphatic heterocycles. The van der Waals surface area contributed by atoms with Crippen LogP contribution in [0, 0.1) is 11.8 Å². The van der Waals surface area contributed by atoms with Crippen molar-refractivity contribution in [2.24, 2.45) is 11.8 Å². The van der Waals surface area contributed by atoms with Crippen molar-refractivity contribution in [2.75, 3.05) is 26.2 Å². The van der Waals surface area contributed by atoms with Gasteiger partial charge in [0.2, 0.25) is 0 Å². The predicted molar refractivity (Wildman–Crippen MR) is 133 cm³/mol. The minimum atomic E-state index is 0.290. The summed E-state index contributed by atoms with van der Waals surface area (Å²) in [5, 5.41) is 10.3. The summed E-state index contributed by atoms with van der Waals surface area (Å²) in [5.41, 5.74) is 5.46. The highest BCUT2D eigenvalue weighted by Gasteiger charge is 2.44. The van der Waals surface area contributed by atoms with Gasteiger partial charge in [0, 0.05) is 28.5 Å². The van der Waals surface area contributed by atoms with Gasteiger partial charge in [0.05, 0.1) is 0 Å². The molecule has 4 heteroatoms. The van der Waals surface area contributed by atoms with Gasteiger partial charge in [-0.1, -0.05) is 48.9 Å². The Balaban J connectivity index is 1.23. The van der Waals surface area contributed by atoms with E-state index in [-0.39, 0.29) is 0 Å². The molecule has 2 heterocycles. The highest BCUT2D eigenvalue weighted by molar-refractivity contribution is 8.04. The number of piperidine rings is 1. The van der Waals surface area contributed by atoms with E-state index >= 15 is 0 Å². The Hall–Kier alpha value is -2.43. The van der Waals surface area contributed by atoms with Crippen molar-refractivity contribution in [1.29, 1.82) is 0 Å². The molecular formula is C28H29NO2S. The van der Waals surface area contributed by atoms with E-state index in [0.29, 0.717) is 22.8 Å². The molecule has 1 saturated heterocycles. The van der Waals surface area contributed by atoms with E-state index in [1.807, 2.05) is 23.9 Å². The van der Waals surface area contributed by atoms with Crippen LogP contribution in [0.25, 0.3) is 5.57 Å². The molecule has 1 N–H and O–H groups in total. The number of nitrogens with zero attached hydrogens (tertiary/aromatic N) is 1. The lowest BCUT2D eigenvalue weighted by Crippen LogP contribution is -2.33. The van der Waals surface area contributed by atoms with Crippen molar-refractivity contribution in [1.82, 2.24) is 4.90 Å². The third kappa shape index (κ3) is 3.60. The lowest BCUT2D eigenvalue weighted by Gasteiger charge is -2.26. The van der Waals surface area contributed by atoms with Gasteiger partial charge in [0.25, 0.3) is 0 Å². The molecule has 3 atom stereocenters. The molecule has 0 radical (unpaired) electrons. The average molecular weight is 444 g/mol. The number of hydrogen-bond acceptors (Lipinski definition) is 4. The molecule has 0 aromatic heterocycles. The lowest BCUT2D eigenvalue weighted by molar-refractivity contribution is 0.183. The summed E-state index contributed by atoms with van der Waals surface area (Å²) in [4.78, 5) is 3.96. The van der Waals surface area contributed by atoms with Crippen LogP contribution < -0.4 is 4.74 Å². The van der Waals surface area contributed by atoms with E-state index in [4.69, 9.17) is 4.74 Å². The number of allylic oxidation sites excluding steroid dienone is 10. The normalized spacial score (nSPS) is 28.6. The van der Waals surface area contributed by atoms with Gasteiger partial charge in [-0.3, -0.25) is 4.90 Å². The first kappa shape index (κ1) is 20.2. The van der Waals surface area contributed by atoms with Crippen LogP contribution in [0.1, 0.15) is 24.8 Å². The van der Waals surface area contributed by atoms with Crippen LogP contribution in [0.5, 0.6) is 5.75 Å². The summed E-state index contributed by atoms with van der Waals surface area (Å²) in [7, 11) is 0. The van der Waals surface area contributed by atoms with Crippen molar-refractivity contribution >= 4 is 17.3 Å². The van der Waals surface area contributed by atoms with Gasteiger partial charge in [-0.2, -0.15) is 0 Å². The van der Waals surface area contributed by atoms with Gasteiger partial charge in [-0.25, -0.2) is 0 Å². The SMILES string of the molecule is OC1=CC2SC3=C(C(c4ccc(OCCN5CCCCC5)cc4)=C4C=CC=CC43)C2C=C1. The molecule has 0 saturated carbocycles. The first-order chi connectivity index (χ1) is 15.8. The van der Waals surface area contributed by atoms with Crippen molar-refractivity contribution in [3.8, 4) is 5.75 Å². The van der Waals surface area contributed by atoms with Gasteiger partial charge in [-0.05, 0) is 72.5 Å². The fourth-order valence-electron chi connectivity index (χ4n) is 5.59. The fraction of sp³-hybridized carbons (Fsp3) is 0.357. The number of hydrogen-bond donors (Lipinski definition) is 1. The third-order valence-corrected chi connectivity index (χ3v) is 8.59. The largest absolute Gasteiger partial charge is 0.508 e. The van der Waals surface area contributed by atoms with Gasteiger partial charge >= 0.3 is 0 Å². The number of rotatable bonds is 5. The van der Waals surface area contributed by atoms with Crippen molar-refractivity contribution in [3.63, 3.8) is 0 Å². The summed E-state index contributed by atoms with van der Waals surface area (Å²) < 4.78 is 6.07. The summed E-state index contributed by atoms with van der Waals surface area (Å²) in [6.45, 7) is 4.18. The quantitative estimate of drug-likeness (QED) is 0.600. The van der Waals surface area contributed by atoms with Crippen molar-refractivity contribution < 1.29 is 9.84 Å². The number of likely N-dealkylation sites (tertiary alicyclic amines) is 1. The van der Waals surface area contributed by atoms with Gasteiger partial charge in [-0.15, -0.1) is 11.8 Å². The Morgan fingerprint density at radius 3 is 2.69 bits per heavy atom. The molecule has 164 valence electrons. The van der Waals surface area contributed by atoms with Crippen molar-refractivity contribution in [2.45, 2.75) is 24.5 Å². The standard InChI is InChI=1S/C28H29NO2S/c30-20-10-13-24-25(18-20)32-28-23-7-3-2-6-22(23)26(27(24)28)19-8-11-21(12-9-19)31-17-16-29-14-4-1-5-15-29/h2-3,6-13,18,23-25,30H,1,4-5,14-17H2. The Kier molecular flexibility index (Phi) is 5.36. The van der Waals surface area contributed by atoms with E-state index < -0.39 is 0 Å². The number of aliphatic hydroxyl groups is 1. The maximum absolute atomic E-state index is 10.0. The molecule has 1 aromatic carbocycles. The molecule has 3 aliphatic carbocycles. The minimum absolute atomic E-state index is 0.290. The lowest BCUT2D eigenvalue weighted by atomic mass is 9.84. The number of ether oxygens (including phenoxy) is 1. The second kappa shape index (κ2) is 8.49. The Bertz CT molecular complexity index is 1080.